The van der Waals surface area contributed by atoms with Crippen LogP contribution in [0.3, 0.4) is 0 Å². The summed E-state index contributed by atoms with van der Waals surface area (Å²) in [5.74, 6) is -0.893. The van der Waals surface area contributed by atoms with Gasteiger partial charge in [-0.3, -0.25) is 14.6 Å². The van der Waals surface area contributed by atoms with E-state index in [1.165, 1.54) is 0 Å². The highest BCUT2D eigenvalue weighted by atomic mass is 31.2. The predicted octanol–water partition coefficient (Wildman–Crippen LogP) is -2.56. The molecule has 0 unspecified atom stereocenters. The van der Waals surface area contributed by atoms with Gasteiger partial charge in [-0.1, -0.05) is 0 Å². The highest BCUT2D eigenvalue weighted by Gasteiger charge is 2.33. The Bertz CT molecular complexity index is 703. The average Bonchev–Trinajstić information content (AvgIpc) is 2.67. The number of hydrogen-bond acceptors (Lipinski definition) is 9. The van der Waals surface area contributed by atoms with E-state index in [4.69, 9.17) is 25.3 Å². The smallest absolute Gasteiger partial charge is 0.403 e. The zero-order chi connectivity index (χ0) is 14.9. The van der Waals surface area contributed by atoms with Crippen LogP contribution in [-0.2, 0) is 4.79 Å². The number of aromatic nitrogens is 4. The van der Waals surface area contributed by atoms with Crippen LogP contribution in [0.2, 0.25) is 0 Å². The standard InChI is InChI=1S/C8H10N5O6P/c9-8-11-6-5(7(15)12-8)10-3-13(6)19-1-4(14)2-20(16,17)18/h3,16-18H,1-2H2,(H2-,9,11,12,15)/p+1. The van der Waals surface area contributed by atoms with Gasteiger partial charge in [0, 0.05) is 0 Å². The fourth-order valence-corrected chi connectivity index (χ4v) is 1.99. The molecule has 6 N–H and O–H groups in total. The molecule has 0 aromatic carbocycles. The first-order valence-corrected chi connectivity index (χ1v) is 7.03. The van der Waals surface area contributed by atoms with Gasteiger partial charge < -0.3 is 10.6 Å². The minimum atomic E-state index is -4.19. The number of anilines is 1. The van der Waals surface area contributed by atoms with Crippen LogP contribution < -0.4 is 16.1 Å². The van der Waals surface area contributed by atoms with E-state index >= 15 is 0 Å². The second-order valence-corrected chi connectivity index (χ2v) is 5.56. The van der Waals surface area contributed by atoms with Gasteiger partial charge in [0.1, 0.15) is 6.33 Å². The van der Waals surface area contributed by atoms with Crippen LogP contribution in [-0.4, -0.2) is 52.9 Å². The van der Waals surface area contributed by atoms with E-state index in [0.717, 1.165) is 11.1 Å². The van der Waals surface area contributed by atoms with Crippen molar-refractivity contribution in [1.29, 1.82) is 0 Å². The zero-order valence-electron chi connectivity index (χ0n) is 9.92. The van der Waals surface area contributed by atoms with E-state index in [9.17, 15) is 9.59 Å². The van der Waals surface area contributed by atoms with Crippen molar-refractivity contribution in [3.63, 3.8) is 0 Å². The molecule has 0 aliphatic carbocycles. The number of ketones is 1. The number of carbonyl (C=O) groups is 1. The molecular formula is C8H11N5O6P+. The predicted molar refractivity (Wildman–Crippen MR) is 67.5 cm³/mol. The normalized spacial score (nSPS) is 11.8. The summed E-state index contributed by atoms with van der Waals surface area (Å²) in [4.78, 5) is 63.8. The number of nitrogens with two attached hydrogens (primary N) is 1. The van der Waals surface area contributed by atoms with Crippen molar-refractivity contribution in [3.05, 3.63) is 16.7 Å². The molecule has 20 heavy (non-hydrogen) atoms. The molecule has 0 atom stereocenters. The Morgan fingerprint density at radius 2 is 2.20 bits per heavy atom. The van der Waals surface area contributed by atoms with Crippen LogP contribution in [0.5, 0.6) is 0 Å². The number of aromatic amines is 1. The fourth-order valence-electron chi connectivity index (χ4n) is 1.43. The van der Waals surface area contributed by atoms with Crippen LogP contribution in [0.4, 0.5) is 5.95 Å². The molecule has 0 saturated carbocycles. The van der Waals surface area contributed by atoms with E-state index in [2.05, 4.69) is 15.0 Å². The van der Waals surface area contributed by atoms with Gasteiger partial charge in [0.05, 0.1) is 0 Å². The number of carbonyl (C=O) groups excluding carboxylic acids is 1. The second-order valence-electron chi connectivity index (χ2n) is 3.86. The lowest BCUT2D eigenvalue weighted by Gasteiger charge is -2.06. The summed E-state index contributed by atoms with van der Waals surface area (Å²) in [5.41, 5.74) is 4.79. The lowest BCUT2D eigenvalue weighted by atomic mass is 10.5. The van der Waals surface area contributed by atoms with E-state index in [1.54, 1.807) is 0 Å². The summed E-state index contributed by atoms with van der Waals surface area (Å²) >= 11 is 0. The third kappa shape index (κ3) is 3.27. The van der Waals surface area contributed by atoms with Crippen molar-refractivity contribution < 1.29 is 24.3 Å². The molecule has 11 nitrogen and oxygen atoms in total. The molecule has 0 bridgehead atoms. The van der Waals surface area contributed by atoms with Crippen molar-refractivity contribution in [3.8, 4) is 0 Å². The number of imidazole rings is 1. The molecule has 108 valence electrons. The third-order valence-electron chi connectivity index (χ3n) is 2.15. The first kappa shape index (κ1) is 14.3. The highest BCUT2D eigenvalue weighted by Crippen LogP contribution is 2.43. The van der Waals surface area contributed by atoms with Gasteiger partial charge in [-0.25, -0.2) is 4.98 Å². The van der Waals surface area contributed by atoms with Crippen molar-refractivity contribution >= 4 is 30.8 Å². The number of nitrogens with zero attached hydrogens (tertiary/aromatic N) is 3. The molecule has 2 aromatic rings. The number of hydrogen-bond donors (Lipinski definition) is 5. The molecular weight excluding hydrogens is 293 g/mol. The number of nitrogens with one attached hydrogen (secondary N) is 1. The summed E-state index contributed by atoms with van der Waals surface area (Å²) in [6.07, 6.45) is 0.286. The Balaban J connectivity index is 2.15. The zero-order valence-corrected chi connectivity index (χ0v) is 10.8. The van der Waals surface area contributed by atoms with Crippen LogP contribution in [0.25, 0.3) is 11.2 Å². The molecule has 2 rings (SSSR count). The maximum Gasteiger partial charge on any atom is 0.411 e. The number of H-pyrrole nitrogens is 1. The highest BCUT2D eigenvalue weighted by molar-refractivity contribution is 7.59. The van der Waals surface area contributed by atoms with Crippen molar-refractivity contribution in [2.45, 2.75) is 0 Å². The Hall–Kier alpha value is -2.07. The maximum absolute atomic E-state index is 11.5. The lowest BCUT2D eigenvalue weighted by molar-refractivity contribution is -0.121. The summed E-state index contributed by atoms with van der Waals surface area (Å²) in [6.45, 7) is -0.566. The number of Topliss-reactive ketones (excluding diaryl/α,β-unsaturated/α-hetero) is 1. The quantitative estimate of drug-likeness (QED) is 0.372. The molecule has 0 fully saturated rings. The molecule has 0 aliphatic rings. The molecule has 0 spiro atoms. The fraction of sp³-hybridized carbons (Fsp3) is 0.250. The van der Waals surface area contributed by atoms with Crippen molar-refractivity contribution in [1.82, 2.24) is 19.7 Å². The van der Waals surface area contributed by atoms with Crippen LogP contribution in [0.15, 0.2) is 11.1 Å². The molecule has 2 aromatic heterocycles. The van der Waals surface area contributed by atoms with Gasteiger partial charge in [0.15, 0.2) is 12.1 Å². The van der Waals surface area contributed by atoms with Crippen LogP contribution in [0, 0.1) is 0 Å². The minimum Gasteiger partial charge on any atom is -0.403 e. The molecule has 0 amide bonds. The van der Waals surface area contributed by atoms with Gasteiger partial charge in [0.25, 0.3) is 5.56 Å². The number of rotatable bonds is 5. The topological polar surface area (TPSA) is 177 Å². The first-order chi connectivity index (χ1) is 9.26. The first-order valence-electron chi connectivity index (χ1n) is 5.20. The summed E-state index contributed by atoms with van der Waals surface area (Å²) in [5, 5.41) is 0. The van der Waals surface area contributed by atoms with Crippen molar-refractivity contribution in [2.75, 3.05) is 18.5 Å². The van der Waals surface area contributed by atoms with Gasteiger partial charge in [-0.2, -0.15) is 24.4 Å². The SMILES string of the molecule is Nc1nc2c(ncn2OCC(=O)C[P+](O)(O)O)c(=O)[nH]1. The van der Waals surface area contributed by atoms with Crippen LogP contribution >= 0.6 is 7.94 Å². The van der Waals surface area contributed by atoms with E-state index in [1.807, 2.05) is 0 Å². The Morgan fingerprint density at radius 1 is 1.50 bits per heavy atom. The van der Waals surface area contributed by atoms with Gasteiger partial charge in [-0.15, -0.1) is 0 Å². The average molecular weight is 304 g/mol. The van der Waals surface area contributed by atoms with Gasteiger partial charge in [-0.05, 0) is 0 Å². The van der Waals surface area contributed by atoms with Crippen LogP contribution in [0.1, 0.15) is 0 Å². The summed E-state index contributed by atoms with van der Waals surface area (Å²) < 4.78 is 0.949. The van der Waals surface area contributed by atoms with E-state index in [0.29, 0.717) is 0 Å². The van der Waals surface area contributed by atoms with E-state index < -0.39 is 32.1 Å². The summed E-state index contributed by atoms with van der Waals surface area (Å²) in [6, 6.07) is 0. The Kier molecular flexibility index (Phi) is 3.68. The van der Waals surface area contributed by atoms with Gasteiger partial charge >= 0.3 is 7.94 Å². The lowest BCUT2D eigenvalue weighted by Crippen LogP contribution is -2.23. The molecule has 0 radical (unpaired) electrons. The number of fused-ring (bicyclic) bond motifs is 1. The largest absolute Gasteiger partial charge is 0.411 e. The monoisotopic (exact) mass is 304 g/mol. The van der Waals surface area contributed by atoms with Gasteiger partial charge in [0.2, 0.25) is 23.5 Å². The molecule has 2 heterocycles. The maximum atomic E-state index is 11.5. The molecule has 0 saturated heterocycles. The molecule has 12 heteroatoms. The third-order valence-corrected chi connectivity index (χ3v) is 2.93. The number of nitrogen functional groups attached to an aromatic ring is 1. The van der Waals surface area contributed by atoms with Crippen molar-refractivity contribution in [2.24, 2.45) is 0 Å². The second kappa shape index (κ2) is 5.13. The minimum absolute atomic E-state index is 0.0112. The summed E-state index contributed by atoms with van der Waals surface area (Å²) in [7, 11) is -4.19. The Labute approximate surface area is 111 Å². The van der Waals surface area contributed by atoms with E-state index in [-0.39, 0.29) is 17.1 Å². The molecule has 0 aliphatic heterocycles. The Morgan fingerprint density at radius 3 is 2.85 bits per heavy atom.